The fourth-order valence-corrected chi connectivity index (χ4v) is 4.95. The fourth-order valence-electron chi connectivity index (χ4n) is 4.83. The van der Waals surface area contributed by atoms with Crippen LogP contribution in [0, 0.1) is 19.8 Å². The zero-order chi connectivity index (χ0) is 23.7. The van der Waals surface area contributed by atoms with E-state index in [1.165, 1.54) is 7.11 Å². The van der Waals surface area contributed by atoms with Crippen LogP contribution in [-0.2, 0) is 20.9 Å². The highest BCUT2D eigenvalue weighted by Crippen LogP contribution is 2.45. The maximum Gasteiger partial charge on any atom is 0.336 e. The summed E-state index contributed by atoms with van der Waals surface area (Å²) in [6, 6.07) is 11.4. The lowest BCUT2D eigenvalue weighted by Gasteiger charge is -2.38. The Morgan fingerprint density at radius 2 is 1.82 bits per heavy atom. The lowest BCUT2D eigenvalue weighted by molar-refractivity contribution is -0.136. The number of rotatable bonds is 5. The van der Waals surface area contributed by atoms with E-state index in [1.54, 1.807) is 12.1 Å². The number of fused-ring (bicyclic) bond motifs is 1. The third-order valence-electron chi connectivity index (χ3n) is 6.49. The van der Waals surface area contributed by atoms with E-state index < -0.39 is 17.8 Å². The number of esters is 1. The first-order chi connectivity index (χ1) is 15.8. The summed E-state index contributed by atoms with van der Waals surface area (Å²) in [4.78, 5) is 25.9. The van der Waals surface area contributed by atoms with Crippen LogP contribution in [0.25, 0.3) is 0 Å². The number of aryl methyl sites for hydroxylation is 2. The Kier molecular flexibility index (Phi) is 6.61. The van der Waals surface area contributed by atoms with Crippen molar-refractivity contribution in [2.45, 2.75) is 46.1 Å². The molecule has 0 aromatic heterocycles. The molecule has 2 aromatic carbocycles. The van der Waals surface area contributed by atoms with Crippen molar-refractivity contribution >= 4 is 23.4 Å². The third-order valence-corrected chi connectivity index (χ3v) is 6.74. The molecule has 172 valence electrons. The molecule has 2 aliphatic rings. The Morgan fingerprint density at radius 3 is 2.52 bits per heavy atom. The van der Waals surface area contributed by atoms with Crippen molar-refractivity contribution in [3.63, 3.8) is 0 Å². The first-order valence-electron chi connectivity index (χ1n) is 11.1. The number of ketones is 1. The molecule has 1 aliphatic carbocycles. The van der Waals surface area contributed by atoms with E-state index in [-0.39, 0.29) is 5.78 Å². The van der Waals surface area contributed by atoms with Crippen LogP contribution in [0.15, 0.2) is 59.4 Å². The van der Waals surface area contributed by atoms with E-state index in [1.807, 2.05) is 32.9 Å². The number of ether oxygens (including phenoxy) is 2. The van der Waals surface area contributed by atoms with Gasteiger partial charge in [0.15, 0.2) is 0 Å². The van der Waals surface area contributed by atoms with Gasteiger partial charge in [0, 0.05) is 28.8 Å². The quantitative estimate of drug-likeness (QED) is 0.588. The van der Waals surface area contributed by atoms with Crippen molar-refractivity contribution in [3.05, 3.63) is 86.7 Å². The number of methoxy groups -OCH3 is 1. The third kappa shape index (κ3) is 4.55. The van der Waals surface area contributed by atoms with Crippen molar-refractivity contribution in [2.24, 2.45) is 5.92 Å². The summed E-state index contributed by atoms with van der Waals surface area (Å²) in [7, 11) is 1.38. The van der Waals surface area contributed by atoms with Crippen molar-refractivity contribution in [1.29, 1.82) is 0 Å². The van der Waals surface area contributed by atoms with E-state index in [0.717, 1.165) is 39.4 Å². The molecule has 1 N–H and O–H groups in total. The molecule has 0 saturated heterocycles. The molecule has 2 unspecified atom stereocenters. The molecular formula is C27H28ClNO4. The lowest BCUT2D eigenvalue weighted by Crippen LogP contribution is -2.41. The molecule has 6 heteroatoms. The zero-order valence-corrected chi connectivity index (χ0v) is 20.1. The van der Waals surface area contributed by atoms with Gasteiger partial charge < -0.3 is 14.8 Å². The molecule has 0 spiro atoms. The van der Waals surface area contributed by atoms with Crippen LogP contribution in [0.5, 0.6) is 5.75 Å². The largest absolute Gasteiger partial charge is 0.489 e. The van der Waals surface area contributed by atoms with Crippen LogP contribution in [0.3, 0.4) is 0 Å². The molecule has 5 nitrogen and oxygen atoms in total. The molecule has 0 amide bonds. The Morgan fingerprint density at radius 1 is 1.09 bits per heavy atom. The fraction of sp³-hybridized carbons (Fsp3) is 0.333. The number of benzene rings is 2. The van der Waals surface area contributed by atoms with Gasteiger partial charge in [-0.2, -0.15) is 0 Å². The lowest BCUT2D eigenvalue weighted by atomic mass is 9.69. The minimum absolute atomic E-state index is 0.137. The number of Topliss-reactive ketones (excluding diaryl/α,β-unsaturated/α-hetero) is 1. The van der Waals surface area contributed by atoms with Gasteiger partial charge in [-0.3, -0.25) is 4.79 Å². The molecule has 0 saturated carbocycles. The maximum absolute atomic E-state index is 13.1. The molecule has 0 radical (unpaired) electrons. The molecule has 0 fully saturated rings. The summed E-state index contributed by atoms with van der Waals surface area (Å²) in [5.74, 6) is -0.392. The summed E-state index contributed by atoms with van der Waals surface area (Å²) >= 11 is 5.97. The Labute approximate surface area is 199 Å². The van der Waals surface area contributed by atoms with Gasteiger partial charge in [0.25, 0.3) is 0 Å². The van der Waals surface area contributed by atoms with Crippen LogP contribution in [0.2, 0.25) is 5.02 Å². The van der Waals surface area contributed by atoms with Gasteiger partial charge in [-0.05, 0) is 73.7 Å². The Bertz CT molecular complexity index is 1160. The molecule has 1 heterocycles. The number of halogens is 1. The van der Waals surface area contributed by atoms with E-state index in [4.69, 9.17) is 21.1 Å². The molecule has 2 atom stereocenters. The molecule has 4 rings (SSSR count). The summed E-state index contributed by atoms with van der Waals surface area (Å²) < 4.78 is 11.1. The number of carbonyl (C=O) groups excluding carboxylic acids is 2. The van der Waals surface area contributed by atoms with Crippen LogP contribution >= 0.6 is 11.6 Å². The summed E-state index contributed by atoms with van der Waals surface area (Å²) in [5, 5.41) is 3.95. The van der Waals surface area contributed by atoms with Crippen molar-refractivity contribution in [2.75, 3.05) is 7.11 Å². The molecular weight excluding hydrogens is 438 g/mol. The number of allylic oxidation sites excluding steroid dienone is 3. The average Bonchev–Trinajstić information content (AvgIpc) is 2.78. The van der Waals surface area contributed by atoms with E-state index in [9.17, 15) is 9.59 Å². The highest BCUT2D eigenvalue weighted by molar-refractivity contribution is 6.30. The SMILES string of the molecule is COC(=O)C1=C(C)NC2=CCCC(=O)C2C1c1cc(COc2ccc(Cl)cc2)c(C)cc1C. The van der Waals surface area contributed by atoms with Crippen LogP contribution in [0.1, 0.15) is 47.9 Å². The normalized spacial score (nSPS) is 20.0. The van der Waals surface area contributed by atoms with Gasteiger partial charge in [-0.15, -0.1) is 0 Å². The van der Waals surface area contributed by atoms with E-state index >= 15 is 0 Å². The van der Waals surface area contributed by atoms with Crippen LogP contribution in [-0.4, -0.2) is 18.9 Å². The number of hydrogen-bond donors (Lipinski definition) is 1. The summed E-state index contributed by atoms with van der Waals surface area (Å²) in [5.41, 5.74) is 6.17. The minimum Gasteiger partial charge on any atom is -0.489 e. The van der Waals surface area contributed by atoms with E-state index in [0.29, 0.717) is 30.0 Å². The number of nitrogens with one attached hydrogen (secondary N) is 1. The van der Waals surface area contributed by atoms with Gasteiger partial charge in [0.2, 0.25) is 0 Å². The standard InChI is InChI=1S/C27H28ClNO4/c1-15-12-16(2)21(13-18(15)14-33-20-10-8-19(28)9-11-20)25-24(27(31)32-4)17(3)29-22-6-5-7-23(30)26(22)25/h6,8-13,25-26,29H,5,7,14H2,1-4H3. The van der Waals surface area contributed by atoms with Crippen molar-refractivity contribution in [3.8, 4) is 5.75 Å². The maximum atomic E-state index is 13.1. The van der Waals surface area contributed by atoms with E-state index in [2.05, 4.69) is 23.5 Å². The smallest absolute Gasteiger partial charge is 0.336 e. The van der Waals surface area contributed by atoms with Crippen molar-refractivity contribution < 1.29 is 19.1 Å². The number of carbonyl (C=O) groups is 2. The summed E-state index contributed by atoms with van der Waals surface area (Å²) in [6.07, 6.45) is 3.25. The second-order valence-corrected chi connectivity index (χ2v) is 9.09. The van der Waals surface area contributed by atoms with Crippen LogP contribution in [0.4, 0.5) is 0 Å². The van der Waals surface area contributed by atoms with Gasteiger partial charge >= 0.3 is 5.97 Å². The summed E-state index contributed by atoms with van der Waals surface area (Å²) in [6.45, 7) is 6.29. The monoisotopic (exact) mass is 465 g/mol. The predicted octanol–water partition coefficient (Wildman–Crippen LogP) is 5.53. The second kappa shape index (κ2) is 9.44. The van der Waals surface area contributed by atoms with Gasteiger partial charge in [-0.1, -0.05) is 29.8 Å². The first-order valence-corrected chi connectivity index (χ1v) is 11.4. The molecule has 1 aliphatic heterocycles. The molecule has 2 aromatic rings. The predicted molar refractivity (Wildman–Crippen MR) is 128 cm³/mol. The second-order valence-electron chi connectivity index (χ2n) is 8.65. The minimum atomic E-state index is -0.428. The topological polar surface area (TPSA) is 64.6 Å². The Balaban J connectivity index is 1.78. The molecule has 33 heavy (non-hydrogen) atoms. The first kappa shape index (κ1) is 23.1. The van der Waals surface area contributed by atoms with Crippen LogP contribution < -0.4 is 10.1 Å². The van der Waals surface area contributed by atoms with Crippen molar-refractivity contribution in [1.82, 2.24) is 5.32 Å². The highest BCUT2D eigenvalue weighted by Gasteiger charge is 2.43. The number of hydrogen-bond acceptors (Lipinski definition) is 5. The zero-order valence-electron chi connectivity index (χ0n) is 19.3. The molecule has 0 bridgehead atoms. The van der Waals surface area contributed by atoms with Gasteiger partial charge in [0.1, 0.15) is 18.1 Å². The highest BCUT2D eigenvalue weighted by atomic mass is 35.5. The average molecular weight is 466 g/mol. The van der Waals surface area contributed by atoms with Gasteiger partial charge in [-0.25, -0.2) is 4.79 Å². The van der Waals surface area contributed by atoms with Gasteiger partial charge in [0.05, 0.1) is 18.6 Å². The Hall–Kier alpha value is -3.05.